The largest absolute Gasteiger partial charge is 0.505 e. The second-order valence-corrected chi connectivity index (χ2v) is 5.20. The Labute approximate surface area is 115 Å². The lowest BCUT2D eigenvalue weighted by Gasteiger charge is -2.25. The molecule has 0 amide bonds. The van der Waals surface area contributed by atoms with Crippen LogP contribution in [0.25, 0.3) is 11.4 Å². The normalized spacial score (nSPS) is 22.9. The molecule has 1 aliphatic rings. The van der Waals surface area contributed by atoms with E-state index in [1.54, 1.807) is 6.07 Å². The maximum absolute atomic E-state index is 13.3. The van der Waals surface area contributed by atoms with Crippen LogP contribution < -0.4 is 5.32 Å². The number of hydrogen-bond donors (Lipinski definition) is 2. The first kappa shape index (κ1) is 13.1. The van der Waals surface area contributed by atoms with Crippen LogP contribution in [0, 0.1) is 5.82 Å². The van der Waals surface area contributed by atoms with E-state index in [1.807, 2.05) is 0 Å². The molecule has 2 unspecified atom stereocenters. The minimum absolute atomic E-state index is 0.245. The zero-order chi connectivity index (χ0) is 14.1. The zero-order valence-electron chi connectivity index (χ0n) is 11.1. The van der Waals surface area contributed by atoms with E-state index in [9.17, 15) is 9.50 Å². The van der Waals surface area contributed by atoms with Crippen molar-refractivity contribution in [3.8, 4) is 17.1 Å². The average Bonchev–Trinajstić information content (AvgIpc) is 2.92. The van der Waals surface area contributed by atoms with Gasteiger partial charge < -0.3 is 14.9 Å². The van der Waals surface area contributed by atoms with Gasteiger partial charge >= 0.3 is 0 Å². The third-order valence-electron chi connectivity index (χ3n) is 3.62. The van der Waals surface area contributed by atoms with Crippen molar-refractivity contribution in [2.75, 3.05) is 6.54 Å². The van der Waals surface area contributed by atoms with Crippen LogP contribution in [-0.2, 0) is 0 Å². The smallest absolute Gasteiger partial charge is 0.230 e. The monoisotopic (exact) mass is 277 g/mol. The highest BCUT2D eigenvalue weighted by Gasteiger charge is 2.25. The molecule has 0 aliphatic carbocycles. The molecule has 0 spiro atoms. The molecule has 1 aliphatic heterocycles. The fourth-order valence-electron chi connectivity index (χ4n) is 2.52. The molecule has 20 heavy (non-hydrogen) atoms. The van der Waals surface area contributed by atoms with Crippen LogP contribution in [0.3, 0.4) is 0 Å². The molecule has 2 N–H and O–H groups in total. The van der Waals surface area contributed by atoms with E-state index in [-0.39, 0.29) is 11.7 Å². The number of phenolic OH excluding ortho intramolecular Hbond substituents is 1. The first-order chi connectivity index (χ1) is 9.63. The van der Waals surface area contributed by atoms with E-state index < -0.39 is 5.82 Å². The molecule has 1 aromatic heterocycles. The SMILES string of the molecule is CC1CC(c2nc(-c3ccc(O)c(F)c3)no2)CCN1. The van der Waals surface area contributed by atoms with Crippen LogP contribution in [0.4, 0.5) is 4.39 Å². The number of halogens is 1. The number of aromatic nitrogens is 2. The van der Waals surface area contributed by atoms with Crippen molar-refractivity contribution < 1.29 is 14.0 Å². The molecule has 106 valence electrons. The van der Waals surface area contributed by atoms with Gasteiger partial charge in [-0.2, -0.15) is 4.98 Å². The van der Waals surface area contributed by atoms with Crippen LogP contribution in [-0.4, -0.2) is 27.8 Å². The van der Waals surface area contributed by atoms with Crippen LogP contribution >= 0.6 is 0 Å². The minimum Gasteiger partial charge on any atom is -0.505 e. The van der Waals surface area contributed by atoms with Crippen molar-refractivity contribution in [2.24, 2.45) is 0 Å². The molecule has 2 aromatic rings. The molecule has 5 nitrogen and oxygen atoms in total. The summed E-state index contributed by atoms with van der Waals surface area (Å²) in [5, 5.41) is 16.5. The Morgan fingerprint density at radius 1 is 1.45 bits per heavy atom. The predicted octanol–water partition coefficient (Wildman–Crippen LogP) is 2.44. The van der Waals surface area contributed by atoms with Gasteiger partial charge in [0.15, 0.2) is 11.6 Å². The van der Waals surface area contributed by atoms with Crippen LogP contribution in [0.15, 0.2) is 22.7 Å². The van der Waals surface area contributed by atoms with E-state index in [1.165, 1.54) is 12.1 Å². The molecule has 1 aromatic carbocycles. The topological polar surface area (TPSA) is 71.2 Å². The molecular formula is C14H16FN3O2. The summed E-state index contributed by atoms with van der Waals surface area (Å²) < 4.78 is 18.6. The molecule has 1 fully saturated rings. The first-order valence-corrected chi connectivity index (χ1v) is 6.69. The first-order valence-electron chi connectivity index (χ1n) is 6.69. The van der Waals surface area contributed by atoms with E-state index in [0.29, 0.717) is 23.3 Å². The van der Waals surface area contributed by atoms with Crippen molar-refractivity contribution in [1.29, 1.82) is 0 Å². The molecular weight excluding hydrogens is 261 g/mol. The summed E-state index contributed by atoms with van der Waals surface area (Å²) in [5.41, 5.74) is 0.497. The van der Waals surface area contributed by atoms with Gasteiger partial charge in [-0.1, -0.05) is 5.16 Å². The van der Waals surface area contributed by atoms with Gasteiger partial charge in [0, 0.05) is 17.5 Å². The van der Waals surface area contributed by atoms with Crippen molar-refractivity contribution >= 4 is 0 Å². The number of rotatable bonds is 2. The Kier molecular flexibility index (Phi) is 3.40. The summed E-state index contributed by atoms with van der Waals surface area (Å²) in [5.74, 6) is 0.121. The lowest BCUT2D eigenvalue weighted by atomic mass is 9.93. The van der Waals surface area contributed by atoms with Crippen LogP contribution in [0.1, 0.15) is 31.6 Å². The van der Waals surface area contributed by atoms with Crippen molar-refractivity contribution in [3.05, 3.63) is 29.9 Å². The number of piperidine rings is 1. The molecule has 2 heterocycles. The van der Waals surface area contributed by atoms with E-state index in [4.69, 9.17) is 4.52 Å². The Morgan fingerprint density at radius 3 is 3.05 bits per heavy atom. The minimum atomic E-state index is -0.690. The Bertz CT molecular complexity index is 614. The lowest BCUT2D eigenvalue weighted by Crippen LogP contribution is -2.34. The lowest BCUT2D eigenvalue weighted by molar-refractivity contribution is 0.295. The predicted molar refractivity (Wildman–Crippen MR) is 70.8 cm³/mol. The summed E-state index contributed by atoms with van der Waals surface area (Å²) in [7, 11) is 0. The van der Waals surface area contributed by atoms with E-state index >= 15 is 0 Å². The molecule has 0 radical (unpaired) electrons. The number of nitrogens with one attached hydrogen (secondary N) is 1. The third kappa shape index (κ3) is 2.51. The van der Waals surface area contributed by atoms with Crippen molar-refractivity contribution in [1.82, 2.24) is 15.5 Å². The van der Waals surface area contributed by atoms with E-state index in [0.717, 1.165) is 19.4 Å². The molecule has 6 heteroatoms. The Balaban J connectivity index is 1.84. The quantitative estimate of drug-likeness (QED) is 0.882. The maximum Gasteiger partial charge on any atom is 0.230 e. The summed E-state index contributed by atoms with van der Waals surface area (Å²) in [6.07, 6.45) is 1.90. The number of phenols is 1. The highest BCUT2D eigenvalue weighted by molar-refractivity contribution is 5.55. The van der Waals surface area contributed by atoms with Crippen LogP contribution in [0.2, 0.25) is 0 Å². The molecule has 2 atom stereocenters. The second-order valence-electron chi connectivity index (χ2n) is 5.20. The molecule has 3 rings (SSSR count). The van der Waals surface area contributed by atoms with Gasteiger partial charge in [-0.3, -0.25) is 0 Å². The highest BCUT2D eigenvalue weighted by Crippen LogP contribution is 2.29. The Hall–Kier alpha value is -1.95. The van der Waals surface area contributed by atoms with Gasteiger partial charge in [-0.05, 0) is 44.5 Å². The molecule has 0 bridgehead atoms. The van der Waals surface area contributed by atoms with Crippen molar-refractivity contribution in [3.63, 3.8) is 0 Å². The molecule has 1 saturated heterocycles. The average molecular weight is 277 g/mol. The van der Waals surface area contributed by atoms with Gasteiger partial charge in [-0.15, -0.1) is 0 Å². The zero-order valence-corrected chi connectivity index (χ0v) is 11.1. The van der Waals surface area contributed by atoms with Gasteiger partial charge in [0.1, 0.15) is 0 Å². The van der Waals surface area contributed by atoms with Gasteiger partial charge in [0.05, 0.1) is 0 Å². The highest BCUT2D eigenvalue weighted by atomic mass is 19.1. The standard InChI is InChI=1S/C14H16FN3O2/c1-8-6-10(4-5-16-8)14-17-13(18-20-14)9-2-3-12(19)11(15)7-9/h2-3,7-8,10,16,19H,4-6H2,1H3. The summed E-state index contributed by atoms with van der Waals surface area (Å²) in [4.78, 5) is 4.36. The fourth-order valence-corrected chi connectivity index (χ4v) is 2.52. The molecule has 0 saturated carbocycles. The summed E-state index contributed by atoms with van der Waals surface area (Å²) in [6.45, 7) is 3.05. The van der Waals surface area contributed by atoms with Gasteiger partial charge in [0.2, 0.25) is 11.7 Å². The second kappa shape index (κ2) is 5.20. The van der Waals surface area contributed by atoms with Crippen molar-refractivity contribution in [2.45, 2.75) is 31.7 Å². The fraction of sp³-hybridized carbons (Fsp3) is 0.429. The summed E-state index contributed by atoms with van der Waals surface area (Å²) >= 11 is 0. The van der Waals surface area contributed by atoms with E-state index in [2.05, 4.69) is 22.4 Å². The number of aromatic hydroxyl groups is 1. The Morgan fingerprint density at radius 2 is 2.30 bits per heavy atom. The van der Waals surface area contributed by atoms with Gasteiger partial charge in [-0.25, -0.2) is 4.39 Å². The number of hydrogen-bond acceptors (Lipinski definition) is 5. The maximum atomic E-state index is 13.3. The van der Waals surface area contributed by atoms with Crippen LogP contribution in [0.5, 0.6) is 5.75 Å². The summed E-state index contributed by atoms with van der Waals surface area (Å²) in [6, 6.07) is 4.48. The number of benzene rings is 1. The van der Waals surface area contributed by atoms with Gasteiger partial charge in [0.25, 0.3) is 0 Å². The number of nitrogens with zero attached hydrogens (tertiary/aromatic N) is 2. The third-order valence-corrected chi connectivity index (χ3v) is 3.62.